The van der Waals surface area contributed by atoms with Crippen molar-refractivity contribution < 1.29 is 9.13 Å². The van der Waals surface area contributed by atoms with Crippen LogP contribution in [0.3, 0.4) is 0 Å². The molecule has 0 bridgehead atoms. The molecule has 0 spiro atoms. The average molecular weight is 268 g/mol. The maximum atomic E-state index is 13.6. The third kappa shape index (κ3) is 3.07. The second-order valence-corrected chi connectivity index (χ2v) is 3.82. The molecule has 18 heavy (non-hydrogen) atoms. The van der Waals surface area contributed by atoms with Gasteiger partial charge in [0, 0.05) is 11.8 Å². The predicted octanol–water partition coefficient (Wildman–Crippen LogP) is 3.41. The highest BCUT2D eigenvalue weighted by atomic mass is 35.5. The van der Waals surface area contributed by atoms with E-state index in [1.165, 1.54) is 18.5 Å². The molecule has 1 N–H and O–H groups in total. The Hall–Kier alpha value is -1.88. The Morgan fingerprint density at radius 3 is 2.89 bits per heavy atom. The largest absolute Gasteiger partial charge is 0.491 e. The predicted molar refractivity (Wildman–Crippen MR) is 67.9 cm³/mol. The summed E-state index contributed by atoms with van der Waals surface area (Å²) in [6.07, 6.45) is 2.92. The molecule has 1 aromatic heterocycles. The van der Waals surface area contributed by atoms with Crippen LogP contribution in [-0.2, 0) is 0 Å². The van der Waals surface area contributed by atoms with Crippen molar-refractivity contribution in [2.75, 3.05) is 11.9 Å². The first-order valence-corrected chi connectivity index (χ1v) is 5.73. The minimum Gasteiger partial charge on any atom is -0.491 e. The molecular weight excluding hydrogens is 257 g/mol. The summed E-state index contributed by atoms with van der Waals surface area (Å²) < 4.78 is 18.7. The van der Waals surface area contributed by atoms with E-state index < -0.39 is 5.82 Å². The summed E-state index contributed by atoms with van der Waals surface area (Å²) in [7, 11) is 0. The molecule has 6 heteroatoms. The lowest BCUT2D eigenvalue weighted by molar-refractivity contribution is 0.321. The van der Waals surface area contributed by atoms with Crippen molar-refractivity contribution in [2.45, 2.75) is 6.92 Å². The molecule has 0 aliphatic heterocycles. The molecule has 0 aliphatic rings. The molecule has 4 nitrogen and oxygen atoms in total. The summed E-state index contributed by atoms with van der Waals surface area (Å²) in [4.78, 5) is 7.87. The van der Waals surface area contributed by atoms with Gasteiger partial charge in [0.25, 0.3) is 0 Å². The number of hydrogen-bond acceptors (Lipinski definition) is 4. The van der Waals surface area contributed by atoms with E-state index in [0.29, 0.717) is 18.1 Å². The molecule has 0 saturated heterocycles. The Morgan fingerprint density at radius 1 is 1.39 bits per heavy atom. The van der Waals surface area contributed by atoms with Crippen LogP contribution in [0.4, 0.5) is 15.9 Å². The van der Waals surface area contributed by atoms with Gasteiger partial charge in [-0.2, -0.15) is 0 Å². The molecule has 2 rings (SSSR count). The number of nitrogens with zero attached hydrogens (tertiary/aromatic N) is 2. The van der Waals surface area contributed by atoms with Crippen molar-refractivity contribution in [3.05, 3.63) is 41.6 Å². The third-order valence-electron chi connectivity index (χ3n) is 2.11. The lowest BCUT2D eigenvalue weighted by Gasteiger charge is -2.08. The van der Waals surface area contributed by atoms with Gasteiger partial charge in [-0.1, -0.05) is 11.6 Å². The molecule has 0 radical (unpaired) electrons. The van der Waals surface area contributed by atoms with Gasteiger partial charge in [-0.25, -0.2) is 9.37 Å². The van der Waals surface area contributed by atoms with Crippen molar-refractivity contribution in [2.24, 2.45) is 0 Å². The second-order valence-electron chi connectivity index (χ2n) is 3.43. The molecule has 0 unspecified atom stereocenters. The van der Waals surface area contributed by atoms with Gasteiger partial charge in [0.1, 0.15) is 5.15 Å². The van der Waals surface area contributed by atoms with E-state index in [4.69, 9.17) is 16.3 Å². The van der Waals surface area contributed by atoms with Gasteiger partial charge >= 0.3 is 0 Å². The van der Waals surface area contributed by atoms with Crippen LogP contribution in [0.25, 0.3) is 0 Å². The first-order valence-electron chi connectivity index (χ1n) is 5.36. The van der Waals surface area contributed by atoms with Gasteiger partial charge in [0.2, 0.25) is 0 Å². The zero-order chi connectivity index (χ0) is 13.0. The number of aromatic nitrogens is 2. The molecular formula is C12H11ClFN3O. The van der Waals surface area contributed by atoms with Gasteiger partial charge in [-0.05, 0) is 19.1 Å². The molecule has 1 heterocycles. The average Bonchev–Trinajstić information content (AvgIpc) is 2.33. The number of anilines is 2. The SMILES string of the molecule is CCOc1ccc(Nc2cncc(Cl)n2)cc1F. The van der Waals surface area contributed by atoms with Crippen LogP contribution in [0, 0.1) is 5.82 Å². The molecule has 0 atom stereocenters. The smallest absolute Gasteiger partial charge is 0.167 e. The Bertz CT molecular complexity index is 551. The minimum atomic E-state index is -0.433. The zero-order valence-electron chi connectivity index (χ0n) is 9.65. The van der Waals surface area contributed by atoms with E-state index in [0.717, 1.165) is 0 Å². The van der Waals surface area contributed by atoms with E-state index in [1.807, 2.05) is 0 Å². The fraction of sp³-hybridized carbons (Fsp3) is 0.167. The van der Waals surface area contributed by atoms with Crippen LogP contribution in [0.1, 0.15) is 6.92 Å². The standard InChI is InChI=1S/C12H11ClFN3O/c1-2-18-10-4-3-8(5-9(10)14)16-12-7-15-6-11(13)17-12/h3-7H,2H2,1H3,(H,16,17). The number of hydrogen-bond donors (Lipinski definition) is 1. The van der Waals surface area contributed by atoms with Crippen molar-refractivity contribution in [3.8, 4) is 5.75 Å². The first-order chi connectivity index (χ1) is 8.69. The molecule has 0 saturated carbocycles. The maximum absolute atomic E-state index is 13.6. The number of ether oxygens (including phenoxy) is 1. The molecule has 0 aliphatic carbocycles. The summed E-state index contributed by atoms with van der Waals surface area (Å²) in [5, 5.41) is 3.17. The molecule has 0 fully saturated rings. The van der Waals surface area contributed by atoms with Gasteiger partial charge in [-0.15, -0.1) is 0 Å². The van der Waals surface area contributed by atoms with Gasteiger partial charge < -0.3 is 10.1 Å². The quantitative estimate of drug-likeness (QED) is 0.922. The molecule has 1 aromatic carbocycles. The van der Waals surface area contributed by atoms with Crippen molar-refractivity contribution in [1.82, 2.24) is 9.97 Å². The van der Waals surface area contributed by atoms with Crippen LogP contribution in [0.15, 0.2) is 30.6 Å². The summed E-state index contributed by atoms with van der Waals surface area (Å²) in [6, 6.07) is 4.57. The van der Waals surface area contributed by atoms with Gasteiger partial charge in [0.05, 0.1) is 19.0 Å². The minimum absolute atomic E-state index is 0.222. The van der Waals surface area contributed by atoms with Crippen molar-refractivity contribution in [3.63, 3.8) is 0 Å². The fourth-order valence-corrected chi connectivity index (χ4v) is 1.55. The summed E-state index contributed by atoms with van der Waals surface area (Å²) >= 11 is 5.70. The Morgan fingerprint density at radius 2 is 2.22 bits per heavy atom. The third-order valence-corrected chi connectivity index (χ3v) is 2.29. The summed E-state index contributed by atoms with van der Waals surface area (Å²) in [6.45, 7) is 2.22. The highest BCUT2D eigenvalue weighted by molar-refractivity contribution is 6.29. The summed E-state index contributed by atoms with van der Waals surface area (Å²) in [5.74, 6) is 0.239. The molecule has 94 valence electrons. The van der Waals surface area contributed by atoms with E-state index in [2.05, 4.69) is 15.3 Å². The summed E-state index contributed by atoms with van der Waals surface area (Å²) in [5.41, 5.74) is 0.549. The Kier molecular flexibility index (Phi) is 3.94. The zero-order valence-corrected chi connectivity index (χ0v) is 10.4. The number of benzene rings is 1. The highest BCUT2D eigenvalue weighted by Crippen LogP contribution is 2.23. The van der Waals surface area contributed by atoms with Crippen LogP contribution in [0.2, 0.25) is 5.15 Å². The molecule has 0 amide bonds. The highest BCUT2D eigenvalue weighted by Gasteiger charge is 2.05. The van der Waals surface area contributed by atoms with E-state index in [1.54, 1.807) is 19.1 Å². The van der Waals surface area contributed by atoms with Crippen LogP contribution in [-0.4, -0.2) is 16.6 Å². The Balaban J connectivity index is 2.17. The van der Waals surface area contributed by atoms with Gasteiger partial charge in [-0.3, -0.25) is 4.98 Å². The van der Waals surface area contributed by atoms with Crippen LogP contribution < -0.4 is 10.1 Å². The van der Waals surface area contributed by atoms with Gasteiger partial charge in [0.15, 0.2) is 17.4 Å². The fourth-order valence-electron chi connectivity index (χ4n) is 1.40. The normalized spacial score (nSPS) is 10.2. The number of halogens is 2. The van der Waals surface area contributed by atoms with Crippen molar-refractivity contribution >= 4 is 23.1 Å². The van der Waals surface area contributed by atoms with Crippen molar-refractivity contribution in [1.29, 1.82) is 0 Å². The lowest BCUT2D eigenvalue weighted by atomic mass is 10.3. The number of rotatable bonds is 4. The van der Waals surface area contributed by atoms with E-state index in [-0.39, 0.29) is 10.9 Å². The maximum Gasteiger partial charge on any atom is 0.167 e. The van der Waals surface area contributed by atoms with Crippen LogP contribution >= 0.6 is 11.6 Å². The first kappa shape index (κ1) is 12.6. The topological polar surface area (TPSA) is 47.0 Å². The lowest BCUT2D eigenvalue weighted by Crippen LogP contribution is -1.98. The second kappa shape index (κ2) is 5.64. The Labute approximate surface area is 109 Å². The van der Waals surface area contributed by atoms with E-state index >= 15 is 0 Å². The van der Waals surface area contributed by atoms with Crippen LogP contribution in [0.5, 0.6) is 5.75 Å². The monoisotopic (exact) mass is 267 g/mol. The van der Waals surface area contributed by atoms with E-state index in [9.17, 15) is 4.39 Å². The number of nitrogens with one attached hydrogen (secondary N) is 1. The molecule has 2 aromatic rings.